The Bertz CT molecular complexity index is 529. The molecule has 0 bridgehead atoms. The minimum atomic E-state index is 0.236. The van der Waals surface area contributed by atoms with Gasteiger partial charge in [-0.2, -0.15) is 0 Å². The van der Waals surface area contributed by atoms with Crippen molar-refractivity contribution < 1.29 is 4.79 Å². The molecule has 1 aromatic rings. The van der Waals surface area contributed by atoms with Crippen LogP contribution in [0.5, 0.6) is 0 Å². The predicted molar refractivity (Wildman–Crippen MR) is 87.1 cm³/mol. The molecule has 2 fully saturated rings. The van der Waals surface area contributed by atoms with E-state index in [-0.39, 0.29) is 17.9 Å². The minimum absolute atomic E-state index is 0.236. The van der Waals surface area contributed by atoms with Crippen molar-refractivity contribution in [2.45, 2.75) is 38.1 Å². The van der Waals surface area contributed by atoms with E-state index in [2.05, 4.69) is 20.2 Å². The monoisotopic (exact) mass is 303 g/mol. The molecular formula is C16H25N5O. The molecule has 120 valence electrons. The van der Waals surface area contributed by atoms with Crippen LogP contribution in [0.3, 0.4) is 0 Å². The third-order valence-electron chi connectivity index (χ3n) is 4.66. The Kier molecular flexibility index (Phi) is 4.45. The summed E-state index contributed by atoms with van der Waals surface area (Å²) in [6.07, 6.45) is 7.06. The van der Waals surface area contributed by atoms with Crippen molar-refractivity contribution in [1.82, 2.24) is 15.3 Å². The predicted octanol–water partition coefficient (Wildman–Crippen LogP) is 1.43. The van der Waals surface area contributed by atoms with Gasteiger partial charge >= 0.3 is 0 Å². The van der Waals surface area contributed by atoms with Gasteiger partial charge in [0.05, 0.1) is 0 Å². The van der Waals surface area contributed by atoms with Crippen molar-refractivity contribution in [1.29, 1.82) is 0 Å². The van der Waals surface area contributed by atoms with E-state index in [1.807, 2.05) is 25.1 Å². The van der Waals surface area contributed by atoms with E-state index in [4.69, 9.17) is 0 Å². The van der Waals surface area contributed by atoms with Crippen molar-refractivity contribution in [3.8, 4) is 0 Å². The average molecular weight is 303 g/mol. The molecule has 3 rings (SSSR count). The first-order chi connectivity index (χ1) is 10.6. The number of amides is 1. The molecule has 22 heavy (non-hydrogen) atoms. The van der Waals surface area contributed by atoms with Gasteiger partial charge in [0.1, 0.15) is 18.0 Å². The Morgan fingerprint density at radius 3 is 2.77 bits per heavy atom. The van der Waals surface area contributed by atoms with Crippen molar-refractivity contribution in [3.05, 3.63) is 12.4 Å². The molecule has 1 aliphatic heterocycles. The summed E-state index contributed by atoms with van der Waals surface area (Å²) in [5.41, 5.74) is 0. The fourth-order valence-corrected chi connectivity index (χ4v) is 3.05. The smallest absolute Gasteiger partial charge is 0.223 e. The van der Waals surface area contributed by atoms with Gasteiger partial charge in [-0.05, 0) is 25.7 Å². The van der Waals surface area contributed by atoms with Crippen LogP contribution in [0.2, 0.25) is 0 Å². The van der Waals surface area contributed by atoms with Gasteiger partial charge in [0.15, 0.2) is 0 Å². The number of aromatic nitrogens is 2. The minimum Gasteiger partial charge on any atom is -0.363 e. The van der Waals surface area contributed by atoms with E-state index >= 15 is 0 Å². The topological polar surface area (TPSA) is 61.4 Å². The van der Waals surface area contributed by atoms with Crippen LogP contribution >= 0.6 is 0 Å². The first-order valence-electron chi connectivity index (χ1n) is 8.18. The molecule has 1 aromatic heterocycles. The zero-order chi connectivity index (χ0) is 15.5. The van der Waals surface area contributed by atoms with Gasteiger partial charge in [-0.15, -0.1) is 0 Å². The lowest BCUT2D eigenvalue weighted by Gasteiger charge is -2.35. The van der Waals surface area contributed by atoms with Crippen LogP contribution in [0.15, 0.2) is 12.4 Å². The number of rotatable bonds is 4. The lowest BCUT2D eigenvalue weighted by molar-refractivity contribution is -0.128. The summed E-state index contributed by atoms with van der Waals surface area (Å²) in [6.45, 7) is 1.82. The lowest BCUT2D eigenvalue weighted by atomic mass is 9.84. The summed E-state index contributed by atoms with van der Waals surface area (Å²) in [6, 6.07) is 2.25. The third kappa shape index (κ3) is 3.31. The standard InChI is InChI=1S/C16H25N5O/c1-20(2)14-9-15(18-11-17-14)21-8-4-7-13(10-21)19-16(22)12-5-3-6-12/h9,11-13H,3-8,10H2,1-2H3,(H,19,22). The van der Waals surface area contributed by atoms with Gasteiger partial charge in [-0.1, -0.05) is 6.42 Å². The van der Waals surface area contributed by atoms with Crippen molar-refractivity contribution in [2.75, 3.05) is 37.0 Å². The van der Waals surface area contributed by atoms with E-state index in [1.165, 1.54) is 6.42 Å². The highest BCUT2D eigenvalue weighted by atomic mass is 16.2. The summed E-state index contributed by atoms with van der Waals surface area (Å²) in [4.78, 5) is 25.0. The van der Waals surface area contributed by atoms with Crippen LogP contribution in [0.4, 0.5) is 11.6 Å². The van der Waals surface area contributed by atoms with E-state index in [9.17, 15) is 4.79 Å². The number of carbonyl (C=O) groups excluding carboxylic acids is 1. The molecule has 1 atom stereocenters. The van der Waals surface area contributed by atoms with E-state index in [0.717, 1.165) is 50.4 Å². The molecule has 1 aliphatic carbocycles. The average Bonchev–Trinajstić information content (AvgIpc) is 2.45. The van der Waals surface area contributed by atoms with Gasteiger partial charge in [0, 0.05) is 45.2 Å². The highest BCUT2D eigenvalue weighted by Crippen LogP contribution is 2.27. The number of anilines is 2. The molecule has 2 heterocycles. The van der Waals surface area contributed by atoms with Crippen LogP contribution in [-0.2, 0) is 4.79 Å². The second-order valence-corrected chi connectivity index (χ2v) is 6.55. The fourth-order valence-electron chi connectivity index (χ4n) is 3.05. The lowest BCUT2D eigenvalue weighted by Crippen LogP contribution is -2.50. The molecule has 6 heteroatoms. The van der Waals surface area contributed by atoms with Crippen LogP contribution in [-0.4, -0.2) is 49.1 Å². The van der Waals surface area contributed by atoms with Gasteiger partial charge in [0.25, 0.3) is 0 Å². The Morgan fingerprint density at radius 2 is 2.09 bits per heavy atom. The number of nitrogens with zero attached hydrogens (tertiary/aromatic N) is 4. The summed E-state index contributed by atoms with van der Waals surface area (Å²) in [5, 5.41) is 3.22. The van der Waals surface area contributed by atoms with Crippen molar-refractivity contribution >= 4 is 17.5 Å². The van der Waals surface area contributed by atoms with Crippen molar-refractivity contribution in [2.24, 2.45) is 5.92 Å². The summed E-state index contributed by atoms with van der Waals surface area (Å²) >= 11 is 0. The normalized spacial score (nSPS) is 22.1. The molecule has 0 radical (unpaired) electrons. The summed E-state index contributed by atoms with van der Waals surface area (Å²) in [5.74, 6) is 2.36. The molecule has 0 aromatic carbocycles. The largest absolute Gasteiger partial charge is 0.363 e. The molecule has 1 amide bonds. The molecule has 1 N–H and O–H groups in total. The SMILES string of the molecule is CN(C)c1cc(N2CCCC(NC(=O)C3CCC3)C2)ncn1. The quantitative estimate of drug-likeness (QED) is 0.912. The molecule has 2 aliphatic rings. The van der Waals surface area contributed by atoms with Crippen LogP contribution < -0.4 is 15.1 Å². The van der Waals surface area contributed by atoms with E-state index in [1.54, 1.807) is 6.33 Å². The second kappa shape index (κ2) is 6.50. The first-order valence-corrected chi connectivity index (χ1v) is 8.18. The number of carbonyl (C=O) groups is 1. The Labute approximate surface area is 131 Å². The Morgan fingerprint density at radius 1 is 1.27 bits per heavy atom. The van der Waals surface area contributed by atoms with Gasteiger partial charge in [-0.3, -0.25) is 4.79 Å². The van der Waals surface area contributed by atoms with Gasteiger partial charge in [0.2, 0.25) is 5.91 Å². The highest BCUT2D eigenvalue weighted by molar-refractivity contribution is 5.79. The first kappa shape index (κ1) is 15.1. The molecule has 6 nitrogen and oxygen atoms in total. The highest BCUT2D eigenvalue weighted by Gasteiger charge is 2.29. The Balaban J connectivity index is 1.62. The third-order valence-corrected chi connectivity index (χ3v) is 4.66. The molecule has 0 spiro atoms. The van der Waals surface area contributed by atoms with Crippen LogP contribution in [0.1, 0.15) is 32.1 Å². The van der Waals surface area contributed by atoms with Crippen LogP contribution in [0, 0.1) is 5.92 Å². The van der Waals surface area contributed by atoms with E-state index < -0.39 is 0 Å². The van der Waals surface area contributed by atoms with E-state index in [0.29, 0.717) is 0 Å². The molecule has 1 saturated heterocycles. The maximum absolute atomic E-state index is 12.1. The fraction of sp³-hybridized carbons (Fsp3) is 0.688. The van der Waals surface area contributed by atoms with Gasteiger partial charge < -0.3 is 15.1 Å². The number of nitrogens with one attached hydrogen (secondary N) is 1. The number of hydrogen-bond acceptors (Lipinski definition) is 5. The zero-order valence-corrected chi connectivity index (χ0v) is 13.5. The summed E-state index contributed by atoms with van der Waals surface area (Å²) in [7, 11) is 3.95. The molecular weight excluding hydrogens is 278 g/mol. The zero-order valence-electron chi connectivity index (χ0n) is 13.5. The molecule has 1 unspecified atom stereocenters. The van der Waals surface area contributed by atoms with Gasteiger partial charge in [-0.25, -0.2) is 9.97 Å². The maximum atomic E-state index is 12.1. The second-order valence-electron chi connectivity index (χ2n) is 6.55. The number of hydrogen-bond donors (Lipinski definition) is 1. The summed E-state index contributed by atoms with van der Waals surface area (Å²) < 4.78 is 0. The van der Waals surface area contributed by atoms with Crippen LogP contribution in [0.25, 0.3) is 0 Å². The maximum Gasteiger partial charge on any atom is 0.223 e. The van der Waals surface area contributed by atoms with Crippen molar-refractivity contribution in [3.63, 3.8) is 0 Å². The molecule has 1 saturated carbocycles. The Hall–Kier alpha value is -1.85. The number of piperidine rings is 1.